The highest BCUT2D eigenvalue weighted by Gasteiger charge is 2.19. The maximum Gasteiger partial charge on any atom is 0.323 e. The standard InChI is InChI=1S/C23H20ClN5O5S/c1-13(25)21-27-18-10-5-8-16(24)20(18)22(30)29(21)15-7-4-6-14(12-15)26-23(31)28-17-9-2-3-11-19(17)35(32,33)34/h2-13H,25H2,1H3,(H2,26,28,31)(H,32,33,34)/t13-/m0/s1. The zero-order valence-corrected chi connectivity index (χ0v) is 19.8. The molecular formula is C23H20ClN5O5S. The van der Waals surface area contributed by atoms with Crippen LogP contribution in [0.2, 0.25) is 5.02 Å². The Morgan fingerprint density at radius 3 is 2.51 bits per heavy atom. The van der Waals surface area contributed by atoms with Crippen molar-refractivity contribution >= 4 is 50.0 Å². The summed E-state index contributed by atoms with van der Waals surface area (Å²) >= 11 is 6.27. The molecule has 35 heavy (non-hydrogen) atoms. The van der Waals surface area contributed by atoms with Gasteiger partial charge in [-0.2, -0.15) is 8.42 Å². The highest BCUT2D eigenvalue weighted by molar-refractivity contribution is 7.86. The third kappa shape index (κ3) is 5.03. The van der Waals surface area contributed by atoms with Crippen LogP contribution in [0.3, 0.4) is 0 Å². The van der Waals surface area contributed by atoms with Gasteiger partial charge < -0.3 is 16.4 Å². The Hall–Kier alpha value is -3.77. The number of nitrogens with two attached hydrogens (primary N) is 1. The van der Waals surface area contributed by atoms with Gasteiger partial charge in [-0.15, -0.1) is 0 Å². The summed E-state index contributed by atoms with van der Waals surface area (Å²) in [5.74, 6) is 0.299. The Kier molecular flexibility index (Phi) is 6.59. The fraction of sp³-hybridized carbons (Fsp3) is 0.0870. The SMILES string of the molecule is C[C@H](N)c1nc2cccc(Cl)c2c(=O)n1-c1cccc(NC(=O)Nc2ccccc2S(=O)(=O)O)c1. The smallest absolute Gasteiger partial charge is 0.322 e. The van der Waals surface area contributed by atoms with E-state index < -0.39 is 32.6 Å². The highest BCUT2D eigenvalue weighted by Crippen LogP contribution is 2.24. The summed E-state index contributed by atoms with van der Waals surface area (Å²) in [6, 6.07) is 15.4. The Bertz CT molecular complexity index is 1620. The number of halogens is 1. The average molecular weight is 514 g/mol. The minimum absolute atomic E-state index is 0.104. The number of hydrogen-bond donors (Lipinski definition) is 4. The van der Waals surface area contributed by atoms with E-state index in [9.17, 15) is 22.6 Å². The van der Waals surface area contributed by atoms with E-state index in [-0.39, 0.29) is 16.1 Å². The summed E-state index contributed by atoms with van der Waals surface area (Å²) in [5.41, 5.74) is 6.67. The molecule has 2 amide bonds. The van der Waals surface area contributed by atoms with Crippen molar-refractivity contribution in [3.63, 3.8) is 0 Å². The second-order valence-corrected chi connectivity index (χ2v) is 9.43. The Balaban J connectivity index is 1.71. The largest absolute Gasteiger partial charge is 0.323 e. The van der Waals surface area contributed by atoms with Gasteiger partial charge in [0.25, 0.3) is 15.7 Å². The summed E-state index contributed by atoms with van der Waals surface area (Å²) in [5, 5.41) is 5.45. The van der Waals surface area contributed by atoms with Gasteiger partial charge in [-0.25, -0.2) is 9.78 Å². The van der Waals surface area contributed by atoms with Crippen LogP contribution in [0.15, 0.2) is 76.4 Å². The highest BCUT2D eigenvalue weighted by atomic mass is 35.5. The van der Waals surface area contributed by atoms with Crippen LogP contribution in [0.1, 0.15) is 18.8 Å². The second kappa shape index (κ2) is 9.47. The summed E-state index contributed by atoms with van der Waals surface area (Å²) < 4.78 is 33.8. The maximum absolute atomic E-state index is 13.4. The molecule has 10 nitrogen and oxygen atoms in total. The summed E-state index contributed by atoms with van der Waals surface area (Å²) in [7, 11) is -4.54. The van der Waals surface area contributed by atoms with Gasteiger partial charge in [0, 0.05) is 5.69 Å². The number of anilines is 2. The van der Waals surface area contributed by atoms with Gasteiger partial charge in [0.1, 0.15) is 10.7 Å². The molecule has 0 radical (unpaired) electrons. The Morgan fingerprint density at radius 1 is 1.09 bits per heavy atom. The number of fused-ring (bicyclic) bond motifs is 1. The van der Waals surface area contributed by atoms with E-state index in [0.29, 0.717) is 22.7 Å². The molecule has 1 aromatic heterocycles. The number of hydrogen-bond acceptors (Lipinski definition) is 6. The normalized spacial score (nSPS) is 12.3. The van der Waals surface area contributed by atoms with Crippen molar-refractivity contribution < 1.29 is 17.8 Å². The van der Waals surface area contributed by atoms with Crippen LogP contribution in [0, 0.1) is 0 Å². The number of carbonyl (C=O) groups is 1. The molecule has 0 unspecified atom stereocenters. The second-order valence-electron chi connectivity index (χ2n) is 7.63. The molecule has 1 atom stereocenters. The number of rotatable bonds is 5. The average Bonchev–Trinajstić information content (AvgIpc) is 2.78. The molecular weight excluding hydrogens is 494 g/mol. The number of carbonyl (C=O) groups excluding carboxylic acids is 1. The minimum atomic E-state index is -4.54. The molecule has 1 heterocycles. The predicted octanol–water partition coefficient (Wildman–Crippen LogP) is 3.95. The number of amides is 2. The molecule has 0 saturated carbocycles. The summed E-state index contributed by atoms with van der Waals surface area (Å²) in [6.07, 6.45) is 0. The Morgan fingerprint density at radius 2 is 1.80 bits per heavy atom. The quantitative estimate of drug-likeness (QED) is 0.294. The fourth-order valence-electron chi connectivity index (χ4n) is 3.56. The number of urea groups is 1. The van der Waals surface area contributed by atoms with E-state index in [2.05, 4.69) is 15.6 Å². The molecule has 180 valence electrons. The van der Waals surface area contributed by atoms with Crippen molar-refractivity contribution in [2.45, 2.75) is 17.9 Å². The summed E-state index contributed by atoms with van der Waals surface area (Å²) in [6.45, 7) is 1.69. The first-order valence-electron chi connectivity index (χ1n) is 10.3. The van der Waals surface area contributed by atoms with Crippen LogP contribution in [-0.2, 0) is 10.1 Å². The van der Waals surface area contributed by atoms with E-state index in [1.165, 1.54) is 28.8 Å². The molecule has 0 aliphatic rings. The van der Waals surface area contributed by atoms with Crippen LogP contribution in [-0.4, -0.2) is 28.6 Å². The van der Waals surface area contributed by atoms with Gasteiger partial charge in [0.15, 0.2) is 0 Å². The molecule has 0 fully saturated rings. The molecule has 0 spiro atoms. The fourth-order valence-corrected chi connectivity index (χ4v) is 4.46. The molecule has 0 saturated heterocycles. The van der Waals surface area contributed by atoms with Crippen molar-refractivity contribution in [1.82, 2.24) is 9.55 Å². The van der Waals surface area contributed by atoms with Gasteiger partial charge >= 0.3 is 6.03 Å². The zero-order chi connectivity index (χ0) is 25.3. The number of benzene rings is 3. The Labute approximate surface area is 205 Å². The lowest BCUT2D eigenvalue weighted by Crippen LogP contribution is -2.28. The van der Waals surface area contributed by atoms with Crippen molar-refractivity contribution in [1.29, 1.82) is 0 Å². The maximum atomic E-state index is 13.4. The van der Waals surface area contributed by atoms with Gasteiger partial charge in [0.05, 0.1) is 33.3 Å². The number of para-hydroxylation sites is 1. The van der Waals surface area contributed by atoms with Crippen molar-refractivity contribution in [2.75, 3.05) is 10.6 Å². The molecule has 3 aromatic carbocycles. The number of nitrogens with one attached hydrogen (secondary N) is 2. The van der Waals surface area contributed by atoms with Crippen molar-refractivity contribution in [3.8, 4) is 5.69 Å². The van der Waals surface area contributed by atoms with E-state index >= 15 is 0 Å². The van der Waals surface area contributed by atoms with E-state index in [1.807, 2.05) is 0 Å². The molecule has 5 N–H and O–H groups in total. The van der Waals surface area contributed by atoms with Crippen LogP contribution in [0.5, 0.6) is 0 Å². The van der Waals surface area contributed by atoms with E-state index in [1.54, 1.807) is 43.3 Å². The van der Waals surface area contributed by atoms with Crippen molar-refractivity contribution in [2.24, 2.45) is 5.73 Å². The topological polar surface area (TPSA) is 156 Å². The molecule has 12 heteroatoms. The first-order chi connectivity index (χ1) is 16.6. The summed E-state index contributed by atoms with van der Waals surface area (Å²) in [4.78, 5) is 30.0. The van der Waals surface area contributed by atoms with Gasteiger partial charge in [0.2, 0.25) is 0 Å². The molecule has 0 aliphatic carbocycles. The van der Waals surface area contributed by atoms with Crippen LogP contribution in [0.4, 0.5) is 16.2 Å². The van der Waals surface area contributed by atoms with Crippen LogP contribution < -0.4 is 21.9 Å². The third-order valence-corrected chi connectivity index (χ3v) is 6.28. The van der Waals surface area contributed by atoms with Gasteiger partial charge in [-0.1, -0.05) is 35.9 Å². The number of nitrogens with zero attached hydrogens (tertiary/aromatic N) is 2. The lowest BCUT2D eigenvalue weighted by molar-refractivity contribution is 0.262. The first-order valence-corrected chi connectivity index (χ1v) is 12.1. The predicted molar refractivity (Wildman–Crippen MR) is 134 cm³/mol. The van der Waals surface area contributed by atoms with E-state index in [0.717, 1.165) is 6.07 Å². The first kappa shape index (κ1) is 24.4. The lowest BCUT2D eigenvalue weighted by atomic mass is 10.2. The van der Waals surface area contributed by atoms with E-state index in [4.69, 9.17) is 17.3 Å². The molecule has 4 aromatic rings. The molecule has 0 bridgehead atoms. The van der Waals surface area contributed by atoms with Crippen LogP contribution >= 0.6 is 11.6 Å². The van der Waals surface area contributed by atoms with Crippen molar-refractivity contribution in [3.05, 3.63) is 87.9 Å². The monoisotopic (exact) mass is 513 g/mol. The molecule has 4 rings (SSSR count). The minimum Gasteiger partial charge on any atom is -0.322 e. The number of aromatic nitrogens is 2. The van der Waals surface area contributed by atoms with Crippen LogP contribution in [0.25, 0.3) is 16.6 Å². The van der Waals surface area contributed by atoms with Gasteiger partial charge in [-0.05, 0) is 49.4 Å². The van der Waals surface area contributed by atoms with Gasteiger partial charge in [-0.3, -0.25) is 13.9 Å². The molecule has 0 aliphatic heterocycles. The third-order valence-electron chi connectivity index (χ3n) is 5.06. The lowest BCUT2D eigenvalue weighted by Gasteiger charge is -2.17. The zero-order valence-electron chi connectivity index (χ0n) is 18.3.